The van der Waals surface area contributed by atoms with Crippen molar-refractivity contribution in [2.45, 2.75) is 26.3 Å². The van der Waals surface area contributed by atoms with Crippen LogP contribution in [0.15, 0.2) is 24.3 Å². The van der Waals surface area contributed by atoms with Gasteiger partial charge in [0.05, 0.1) is 5.52 Å². The number of thioether (sulfide) groups is 1. The minimum Gasteiger partial charge on any atom is -0.399 e. The first kappa shape index (κ1) is 15.0. The third kappa shape index (κ3) is 3.18. The van der Waals surface area contributed by atoms with Crippen LogP contribution in [0.4, 0.5) is 11.4 Å². The van der Waals surface area contributed by atoms with E-state index in [-0.39, 0.29) is 0 Å². The van der Waals surface area contributed by atoms with Crippen LogP contribution < -0.4 is 10.6 Å². The number of nitrogen functional groups attached to an aromatic ring is 1. The average molecular weight is 289 g/mol. The van der Waals surface area contributed by atoms with Crippen molar-refractivity contribution in [3.05, 3.63) is 30.0 Å². The number of aryl methyl sites for hydroxylation is 1. The van der Waals surface area contributed by atoms with Crippen LogP contribution >= 0.6 is 11.8 Å². The molecular weight excluding hydrogens is 266 g/mol. The lowest BCUT2D eigenvalue weighted by Crippen LogP contribution is -2.29. The standard InChI is InChI=1S/C16H23N3S/c1-11-9-16(19(3)12(2)7-8-20-4)14-10-13(17)5-6-15(14)18-11/h5-6,9-10,12H,7-8,17H2,1-4H3. The average Bonchev–Trinajstić information content (AvgIpc) is 2.43. The lowest BCUT2D eigenvalue weighted by atomic mass is 10.1. The predicted molar refractivity (Wildman–Crippen MR) is 91.8 cm³/mol. The van der Waals surface area contributed by atoms with Crippen LogP contribution in [0.2, 0.25) is 0 Å². The van der Waals surface area contributed by atoms with Gasteiger partial charge in [-0.3, -0.25) is 4.98 Å². The third-order valence-corrected chi connectivity index (χ3v) is 4.36. The van der Waals surface area contributed by atoms with Crippen molar-refractivity contribution in [3.8, 4) is 0 Å². The molecule has 1 aromatic heterocycles. The van der Waals surface area contributed by atoms with E-state index in [4.69, 9.17) is 5.73 Å². The Kier molecular flexibility index (Phi) is 4.76. The number of fused-ring (bicyclic) bond motifs is 1. The number of aromatic nitrogens is 1. The number of hydrogen-bond acceptors (Lipinski definition) is 4. The van der Waals surface area contributed by atoms with Crippen molar-refractivity contribution in [2.75, 3.05) is 29.7 Å². The number of anilines is 2. The summed E-state index contributed by atoms with van der Waals surface area (Å²) in [4.78, 5) is 6.93. The zero-order valence-electron chi connectivity index (χ0n) is 12.7. The number of rotatable bonds is 5. The van der Waals surface area contributed by atoms with Gasteiger partial charge >= 0.3 is 0 Å². The first-order valence-electron chi connectivity index (χ1n) is 6.91. The first-order valence-corrected chi connectivity index (χ1v) is 8.31. The molecule has 2 N–H and O–H groups in total. The van der Waals surface area contributed by atoms with Gasteiger partial charge in [0.15, 0.2) is 0 Å². The minimum absolute atomic E-state index is 0.494. The van der Waals surface area contributed by atoms with E-state index in [1.165, 1.54) is 17.9 Å². The molecule has 0 spiro atoms. The molecule has 1 aromatic carbocycles. The maximum absolute atomic E-state index is 5.94. The van der Waals surface area contributed by atoms with E-state index in [2.05, 4.69) is 36.2 Å². The highest BCUT2D eigenvalue weighted by Gasteiger charge is 2.14. The van der Waals surface area contributed by atoms with Gasteiger partial charge in [-0.25, -0.2) is 0 Å². The molecule has 3 nitrogen and oxygen atoms in total. The van der Waals surface area contributed by atoms with Gasteiger partial charge in [0.2, 0.25) is 0 Å². The molecule has 2 aromatic rings. The molecule has 0 bridgehead atoms. The second-order valence-corrected chi connectivity index (χ2v) is 6.29. The molecule has 1 unspecified atom stereocenters. The highest BCUT2D eigenvalue weighted by atomic mass is 32.2. The van der Waals surface area contributed by atoms with Gasteiger partial charge in [0, 0.05) is 35.5 Å². The van der Waals surface area contributed by atoms with E-state index < -0.39 is 0 Å². The highest BCUT2D eigenvalue weighted by Crippen LogP contribution is 2.29. The SMILES string of the molecule is CSCCC(C)N(C)c1cc(C)nc2ccc(N)cc12. The fraction of sp³-hybridized carbons (Fsp3) is 0.438. The molecule has 2 rings (SSSR count). The van der Waals surface area contributed by atoms with Crippen LogP contribution in [0.25, 0.3) is 10.9 Å². The van der Waals surface area contributed by atoms with Crippen molar-refractivity contribution < 1.29 is 0 Å². The van der Waals surface area contributed by atoms with Gasteiger partial charge in [0.1, 0.15) is 0 Å². The Morgan fingerprint density at radius 1 is 1.35 bits per heavy atom. The molecule has 1 heterocycles. The summed E-state index contributed by atoms with van der Waals surface area (Å²) in [5.74, 6) is 1.18. The molecule has 0 saturated heterocycles. The molecule has 0 aliphatic carbocycles. The van der Waals surface area contributed by atoms with E-state index in [1.807, 2.05) is 36.9 Å². The van der Waals surface area contributed by atoms with Crippen LogP contribution in [0.3, 0.4) is 0 Å². The van der Waals surface area contributed by atoms with Crippen molar-refractivity contribution in [1.29, 1.82) is 0 Å². The van der Waals surface area contributed by atoms with Crippen LogP contribution in [0.5, 0.6) is 0 Å². The minimum atomic E-state index is 0.494. The summed E-state index contributed by atoms with van der Waals surface area (Å²) in [7, 11) is 2.16. The Hall–Kier alpha value is -1.42. The molecule has 1 atom stereocenters. The van der Waals surface area contributed by atoms with Crippen LogP contribution in [0, 0.1) is 6.92 Å². The molecule has 108 valence electrons. The number of nitrogens with zero attached hydrogens (tertiary/aromatic N) is 2. The second kappa shape index (κ2) is 6.35. The Labute approximate surface area is 125 Å². The fourth-order valence-corrected chi connectivity index (χ4v) is 2.94. The van der Waals surface area contributed by atoms with Gasteiger partial charge in [-0.1, -0.05) is 0 Å². The summed E-state index contributed by atoms with van der Waals surface area (Å²) >= 11 is 1.89. The molecule has 0 saturated carbocycles. The van der Waals surface area contributed by atoms with E-state index in [0.29, 0.717) is 6.04 Å². The number of pyridine rings is 1. The normalized spacial score (nSPS) is 12.6. The van der Waals surface area contributed by atoms with Gasteiger partial charge in [-0.05, 0) is 56.5 Å². The Morgan fingerprint density at radius 3 is 2.80 bits per heavy atom. The molecule has 0 fully saturated rings. The van der Waals surface area contributed by atoms with E-state index in [9.17, 15) is 0 Å². The Bertz CT molecular complexity index is 598. The summed E-state index contributed by atoms with van der Waals surface area (Å²) in [6.07, 6.45) is 3.32. The third-order valence-electron chi connectivity index (χ3n) is 3.72. The van der Waals surface area contributed by atoms with E-state index in [1.54, 1.807) is 0 Å². The van der Waals surface area contributed by atoms with Gasteiger partial charge < -0.3 is 10.6 Å². The summed E-state index contributed by atoms with van der Waals surface area (Å²) < 4.78 is 0. The quantitative estimate of drug-likeness (QED) is 0.852. The van der Waals surface area contributed by atoms with E-state index >= 15 is 0 Å². The lowest BCUT2D eigenvalue weighted by Gasteiger charge is -2.28. The molecule has 0 aliphatic heterocycles. The van der Waals surface area contributed by atoms with Crippen molar-refractivity contribution in [1.82, 2.24) is 4.98 Å². The smallest absolute Gasteiger partial charge is 0.0727 e. The Balaban J connectivity index is 2.44. The van der Waals surface area contributed by atoms with E-state index in [0.717, 1.165) is 22.3 Å². The van der Waals surface area contributed by atoms with Crippen molar-refractivity contribution in [3.63, 3.8) is 0 Å². The summed E-state index contributed by atoms with van der Waals surface area (Å²) in [6, 6.07) is 8.58. The topological polar surface area (TPSA) is 42.2 Å². The van der Waals surface area contributed by atoms with Crippen molar-refractivity contribution in [2.24, 2.45) is 0 Å². The number of nitrogens with two attached hydrogens (primary N) is 1. The summed E-state index contributed by atoms with van der Waals surface area (Å²) in [6.45, 7) is 4.31. The first-order chi connectivity index (χ1) is 9.52. The largest absolute Gasteiger partial charge is 0.399 e. The summed E-state index contributed by atoms with van der Waals surface area (Å²) in [5.41, 5.74) is 10.00. The molecular formula is C16H23N3S. The zero-order chi connectivity index (χ0) is 14.7. The predicted octanol–water partition coefficient (Wildman–Crippen LogP) is 3.70. The van der Waals surface area contributed by atoms with Gasteiger partial charge in [-0.15, -0.1) is 0 Å². The Morgan fingerprint density at radius 2 is 2.10 bits per heavy atom. The molecule has 4 heteroatoms. The summed E-state index contributed by atoms with van der Waals surface area (Å²) in [5, 5.41) is 1.13. The number of benzene rings is 1. The van der Waals surface area contributed by atoms with Crippen molar-refractivity contribution >= 4 is 34.0 Å². The maximum Gasteiger partial charge on any atom is 0.0727 e. The number of hydrogen-bond donors (Lipinski definition) is 1. The van der Waals surface area contributed by atoms with Gasteiger partial charge in [-0.2, -0.15) is 11.8 Å². The zero-order valence-corrected chi connectivity index (χ0v) is 13.5. The molecule has 0 radical (unpaired) electrons. The molecule has 20 heavy (non-hydrogen) atoms. The van der Waals surface area contributed by atoms with Crippen LogP contribution in [0.1, 0.15) is 19.0 Å². The fourth-order valence-electron chi connectivity index (χ4n) is 2.37. The van der Waals surface area contributed by atoms with Crippen LogP contribution in [-0.2, 0) is 0 Å². The molecule has 0 amide bonds. The van der Waals surface area contributed by atoms with Crippen LogP contribution in [-0.4, -0.2) is 30.1 Å². The van der Waals surface area contributed by atoms with Gasteiger partial charge in [0.25, 0.3) is 0 Å². The maximum atomic E-state index is 5.94. The monoisotopic (exact) mass is 289 g/mol. The highest BCUT2D eigenvalue weighted by molar-refractivity contribution is 7.98. The lowest BCUT2D eigenvalue weighted by molar-refractivity contribution is 0.671. The second-order valence-electron chi connectivity index (χ2n) is 5.30. The molecule has 0 aliphatic rings.